The van der Waals surface area contributed by atoms with Crippen LogP contribution in [0, 0.1) is 0 Å². The third-order valence-corrected chi connectivity index (χ3v) is 3.58. The lowest BCUT2D eigenvalue weighted by atomic mass is 10.2. The van der Waals surface area contributed by atoms with Crippen LogP contribution in [0.15, 0.2) is 29.4 Å². The van der Waals surface area contributed by atoms with Crippen molar-refractivity contribution in [1.82, 2.24) is 15.0 Å². The summed E-state index contributed by atoms with van der Waals surface area (Å²) in [7, 11) is 3.27. The fourth-order valence-corrected chi connectivity index (χ4v) is 2.48. The molecule has 0 aliphatic carbocycles. The summed E-state index contributed by atoms with van der Waals surface area (Å²) < 4.78 is 5.03. The zero-order chi connectivity index (χ0) is 13.7. The Morgan fingerprint density at radius 2 is 2.05 bits per heavy atom. The average Bonchev–Trinajstić information content (AvgIpc) is 2.46. The van der Waals surface area contributed by atoms with E-state index in [1.165, 1.54) is 18.9 Å². The van der Waals surface area contributed by atoms with Gasteiger partial charge in [0.2, 0.25) is 5.95 Å². The number of hydrogen-bond acceptors (Lipinski definition) is 6. The number of nitrogens with one attached hydrogen (secondary N) is 1. The predicted octanol–water partition coefficient (Wildman–Crippen LogP) is 2.87. The minimum atomic E-state index is 0.293. The van der Waals surface area contributed by atoms with Gasteiger partial charge in [-0.05, 0) is 11.6 Å². The minimum Gasteiger partial charge on any atom is -0.467 e. The van der Waals surface area contributed by atoms with E-state index in [-0.39, 0.29) is 0 Å². The van der Waals surface area contributed by atoms with Gasteiger partial charge in [-0.3, -0.25) is 0 Å². The third kappa shape index (κ3) is 3.71. The van der Waals surface area contributed by atoms with Crippen LogP contribution in [-0.2, 0) is 5.75 Å². The summed E-state index contributed by atoms with van der Waals surface area (Å²) in [5.41, 5.74) is 1.04. The topological polar surface area (TPSA) is 59.9 Å². The minimum absolute atomic E-state index is 0.293. The number of rotatable bonds is 5. The zero-order valence-electron chi connectivity index (χ0n) is 10.6. The number of thioether (sulfide) groups is 1. The molecule has 5 nitrogen and oxygen atoms in total. The van der Waals surface area contributed by atoms with Crippen LogP contribution >= 0.6 is 23.4 Å². The zero-order valence-corrected chi connectivity index (χ0v) is 12.1. The van der Waals surface area contributed by atoms with Crippen LogP contribution in [0.3, 0.4) is 0 Å². The highest BCUT2D eigenvalue weighted by molar-refractivity contribution is 7.98. The maximum atomic E-state index is 6.10. The van der Waals surface area contributed by atoms with Gasteiger partial charge in [-0.1, -0.05) is 41.6 Å². The van der Waals surface area contributed by atoms with E-state index < -0.39 is 0 Å². The van der Waals surface area contributed by atoms with Crippen molar-refractivity contribution in [1.29, 1.82) is 0 Å². The summed E-state index contributed by atoms with van der Waals surface area (Å²) >= 11 is 7.58. The van der Waals surface area contributed by atoms with Gasteiger partial charge in [-0.15, -0.1) is 0 Å². The van der Waals surface area contributed by atoms with Crippen LogP contribution in [0.4, 0.5) is 5.95 Å². The van der Waals surface area contributed by atoms with Crippen LogP contribution in [0.2, 0.25) is 5.02 Å². The Morgan fingerprint density at radius 3 is 2.74 bits per heavy atom. The molecule has 0 fully saturated rings. The fraction of sp³-hybridized carbons (Fsp3) is 0.250. The van der Waals surface area contributed by atoms with Gasteiger partial charge in [0.25, 0.3) is 0 Å². The molecule has 0 spiro atoms. The maximum absolute atomic E-state index is 6.10. The second-order valence-corrected chi connectivity index (χ2v) is 4.91. The third-order valence-electron chi connectivity index (χ3n) is 2.32. The number of halogens is 1. The molecule has 1 aromatic carbocycles. The molecule has 0 saturated carbocycles. The second kappa shape index (κ2) is 6.58. The number of methoxy groups -OCH3 is 1. The van der Waals surface area contributed by atoms with Gasteiger partial charge in [0.1, 0.15) is 0 Å². The van der Waals surface area contributed by atoms with E-state index in [4.69, 9.17) is 16.3 Å². The summed E-state index contributed by atoms with van der Waals surface area (Å²) in [5.74, 6) is 1.17. The highest BCUT2D eigenvalue weighted by Gasteiger charge is 2.07. The summed E-state index contributed by atoms with van der Waals surface area (Å²) in [6.07, 6.45) is 0. The molecule has 1 N–H and O–H groups in total. The molecule has 0 amide bonds. The molecule has 2 rings (SSSR count). The van der Waals surface area contributed by atoms with E-state index in [1.807, 2.05) is 24.3 Å². The fourth-order valence-electron chi connectivity index (χ4n) is 1.36. The molecular weight excluding hydrogens is 284 g/mol. The molecular formula is C12H13ClN4OS. The normalized spacial score (nSPS) is 10.3. The molecule has 2 aromatic rings. The second-order valence-electron chi connectivity index (χ2n) is 3.56. The van der Waals surface area contributed by atoms with Crippen molar-refractivity contribution >= 4 is 29.3 Å². The Balaban J connectivity index is 2.13. The summed E-state index contributed by atoms with van der Waals surface area (Å²) in [6.45, 7) is 0. The molecule has 0 saturated heterocycles. The van der Waals surface area contributed by atoms with Gasteiger partial charge in [0.05, 0.1) is 7.11 Å². The Bertz CT molecular complexity index is 545. The first-order valence-corrected chi connectivity index (χ1v) is 6.93. The Labute approximate surface area is 120 Å². The molecule has 0 unspecified atom stereocenters. The molecule has 0 atom stereocenters. The van der Waals surface area contributed by atoms with E-state index in [0.717, 1.165) is 10.6 Å². The number of hydrogen-bond donors (Lipinski definition) is 1. The van der Waals surface area contributed by atoms with Gasteiger partial charge in [-0.25, -0.2) is 0 Å². The van der Waals surface area contributed by atoms with Gasteiger partial charge in [0, 0.05) is 17.8 Å². The lowest BCUT2D eigenvalue weighted by molar-refractivity contribution is 0.374. The molecule has 0 radical (unpaired) electrons. The molecule has 1 heterocycles. The van der Waals surface area contributed by atoms with Crippen LogP contribution in [0.1, 0.15) is 5.56 Å². The molecule has 0 aliphatic rings. The Kier molecular flexibility index (Phi) is 4.81. The smallest absolute Gasteiger partial charge is 0.321 e. The maximum Gasteiger partial charge on any atom is 0.321 e. The lowest BCUT2D eigenvalue weighted by Gasteiger charge is -2.06. The van der Waals surface area contributed by atoms with E-state index in [0.29, 0.717) is 22.9 Å². The Hall–Kier alpha value is -1.53. The highest BCUT2D eigenvalue weighted by Crippen LogP contribution is 2.25. The number of nitrogens with zero attached hydrogens (tertiary/aromatic N) is 3. The number of ether oxygens (including phenoxy) is 1. The molecule has 0 aliphatic heterocycles. The van der Waals surface area contributed by atoms with Crippen molar-refractivity contribution in [2.75, 3.05) is 19.5 Å². The average molecular weight is 297 g/mol. The van der Waals surface area contributed by atoms with Crippen molar-refractivity contribution in [2.45, 2.75) is 10.9 Å². The SMILES string of the molecule is CNc1nc(OC)nc(SCc2ccccc2Cl)n1. The van der Waals surface area contributed by atoms with Crippen molar-refractivity contribution < 1.29 is 4.74 Å². The van der Waals surface area contributed by atoms with Crippen LogP contribution in [0.25, 0.3) is 0 Å². The highest BCUT2D eigenvalue weighted by atomic mass is 35.5. The summed E-state index contributed by atoms with van der Waals surface area (Å²) in [4.78, 5) is 12.5. The van der Waals surface area contributed by atoms with Crippen molar-refractivity contribution in [3.8, 4) is 6.01 Å². The molecule has 19 heavy (non-hydrogen) atoms. The van der Waals surface area contributed by atoms with Crippen LogP contribution in [-0.4, -0.2) is 29.1 Å². The van der Waals surface area contributed by atoms with Gasteiger partial charge in [-0.2, -0.15) is 15.0 Å². The largest absolute Gasteiger partial charge is 0.467 e. The van der Waals surface area contributed by atoms with Gasteiger partial charge >= 0.3 is 6.01 Å². The molecule has 100 valence electrons. The number of aromatic nitrogens is 3. The first-order chi connectivity index (χ1) is 9.22. The van der Waals surface area contributed by atoms with Gasteiger partial charge < -0.3 is 10.1 Å². The van der Waals surface area contributed by atoms with E-state index in [9.17, 15) is 0 Å². The molecule has 1 aromatic heterocycles. The van der Waals surface area contributed by atoms with Crippen LogP contribution in [0.5, 0.6) is 6.01 Å². The first-order valence-electron chi connectivity index (χ1n) is 5.57. The van der Waals surface area contributed by atoms with Crippen LogP contribution < -0.4 is 10.1 Å². The Morgan fingerprint density at radius 1 is 1.26 bits per heavy atom. The quantitative estimate of drug-likeness (QED) is 0.856. The molecule has 0 bridgehead atoms. The number of anilines is 1. The predicted molar refractivity (Wildman–Crippen MR) is 76.9 cm³/mol. The summed E-state index contributed by atoms with van der Waals surface area (Å²) in [5, 5.41) is 4.20. The standard InChI is InChI=1S/C12H13ClN4OS/c1-14-10-15-11(18-2)17-12(16-10)19-7-8-5-3-4-6-9(8)13/h3-6H,7H2,1-2H3,(H,14,15,16,17). The number of benzene rings is 1. The van der Waals surface area contributed by atoms with Crippen molar-refractivity contribution in [2.24, 2.45) is 0 Å². The lowest BCUT2D eigenvalue weighted by Crippen LogP contribution is -2.02. The first kappa shape index (κ1) is 13.9. The van der Waals surface area contributed by atoms with Crippen molar-refractivity contribution in [3.63, 3.8) is 0 Å². The molecule has 7 heteroatoms. The van der Waals surface area contributed by atoms with E-state index in [2.05, 4.69) is 20.3 Å². The van der Waals surface area contributed by atoms with E-state index >= 15 is 0 Å². The monoisotopic (exact) mass is 296 g/mol. The van der Waals surface area contributed by atoms with Gasteiger partial charge in [0.15, 0.2) is 5.16 Å². The summed E-state index contributed by atoms with van der Waals surface area (Å²) in [6, 6.07) is 7.99. The van der Waals surface area contributed by atoms with Crippen molar-refractivity contribution in [3.05, 3.63) is 34.9 Å². The van der Waals surface area contributed by atoms with E-state index in [1.54, 1.807) is 7.05 Å².